The third kappa shape index (κ3) is 6.25. The molecule has 0 amide bonds. The molecule has 9 heteroatoms. The summed E-state index contributed by atoms with van der Waals surface area (Å²) in [6.45, 7) is 0.370. The molecule has 4 aromatic carbocycles. The van der Waals surface area contributed by atoms with E-state index in [-0.39, 0.29) is 19.1 Å². The van der Waals surface area contributed by atoms with Crippen LogP contribution in [0.15, 0.2) is 84.9 Å². The molecule has 10 atom stereocenters. The number of aliphatic hydroxyl groups is 2. The minimum Gasteiger partial charge on any atom is -0.390 e. The molecule has 4 aromatic rings. The highest BCUT2D eigenvalue weighted by Crippen LogP contribution is 2.33. The molecule has 9 nitrogen and oxygen atoms in total. The summed E-state index contributed by atoms with van der Waals surface area (Å²) in [5.74, 6) is -0.348. The quantitative estimate of drug-likeness (QED) is 0.169. The first kappa shape index (κ1) is 31.0. The first-order valence-corrected chi connectivity index (χ1v) is 15.5. The van der Waals surface area contributed by atoms with Crippen LogP contribution >= 0.6 is 0 Å². The van der Waals surface area contributed by atoms with Gasteiger partial charge in [0.1, 0.15) is 18.3 Å². The van der Waals surface area contributed by atoms with Crippen molar-refractivity contribution < 1.29 is 24.4 Å². The molecule has 44 heavy (non-hydrogen) atoms. The largest absolute Gasteiger partial charge is 0.390 e. The lowest BCUT2D eigenvalue weighted by atomic mass is 9.82. The zero-order valence-corrected chi connectivity index (χ0v) is 24.8. The predicted molar refractivity (Wildman–Crippen MR) is 171 cm³/mol. The Morgan fingerprint density at radius 3 is 2.00 bits per heavy atom. The van der Waals surface area contributed by atoms with E-state index in [1.165, 1.54) is 16.3 Å². The van der Waals surface area contributed by atoms with Crippen LogP contribution in [0.25, 0.3) is 21.5 Å². The SMILES string of the molecule is NCC1O[C@H](O[C@@H]2C(N)C[C@@H](N)C(OCc3cccc4ccccc34)[C@H]2O)C(N)[C@@H](CCc2cccc3ccccc23)[C@@H]1O. The molecule has 1 heterocycles. The highest BCUT2D eigenvalue weighted by Gasteiger charge is 2.48. The molecular weight excluding hydrogens is 556 g/mol. The summed E-state index contributed by atoms with van der Waals surface area (Å²) in [5.41, 5.74) is 27.9. The first-order valence-electron chi connectivity index (χ1n) is 15.5. The average Bonchev–Trinajstić information content (AvgIpc) is 3.03. The Hall–Kier alpha value is -2.96. The van der Waals surface area contributed by atoms with E-state index in [1.54, 1.807) is 0 Å². The van der Waals surface area contributed by atoms with Gasteiger partial charge in [-0.05, 0) is 51.9 Å². The molecule has 2 fully saturated rings. The molecule has 1 aliphatic carbocycles. The van der Waals surface area contributed by atoms with E-state index >= 15 is 0 Å². The van der Waals surface area contributed by atoms with Gasteiger partial charge in [-0.2, -0.15) is 0 Å². The van der Waals surface area contributed by atoms with Crippen molar-refractivity contribution in [3.05, 3.63) is 96.1 Å². The minimum absolute atomic E-state index is 0.0967. The van der Waals surface area contributed by atoms with E-state index in [2.05, 4.69) is 36.4 Å². The van der Waals surface area contributed by atoms with Crippen LogP contribution in [0, 0.1) is 5.92 Å². The smallest absolute Gasteiger partial charge is 0.174 e. The molecule has 2 aliphatic rings. The van der Waals surface area contributed by atoms with Gasteiger partial charge in [-0.15, -0.1) is 0 Å². The van der Waals surface area contributed by atoms with Gasteiger partial charge >= 0.3 is 0 Å². The number of hydrogen-bond donors (Lipinski definition) is 6. The van der Waals surface area contributed by atoms with Crippen LogP contribution in [0.1, 0.15) is 24.0 Å². The van der Waals surface area contributed by atoms with Crippen molar-refractivity contribution in [3.63, 3.8) is 0 Å². The van der Waals surface area contributed by atoms with Gasteiger partial charge in [-0.3, -0.25) is 0 Å². The lowest BCUT2D eigenvalue weighted by molar-refractivity contribution is -0.282. The predicted octanol–water partition coefficient (Wildman–Crippen LogP) is 2.30. The van der Waals surface area contributed by atoms with Crippen molar-refractivity contribution in [1.29, 1.82) is 0 Å². The Labute approximate surface area is 258 Å². The van der Waals surface area contributed by atoms with Crippen molar-refractivity contribution >= 4 is 21.5 Å². The van der Waals surface area contributed by atoms with Gasteiger partial charge < -0.3 is 47.4 Å². The van der Waals surface area contributed by atoms with Crippen LogP contribution in [0.5, 0.6) is 0 Å². The second kappa shape index (κ2) is 13.6. The zero-order chi connectivity index (χ0) is 30.8. The maximum Gasteiger partial charge on any atom is 0.174 e. The number of fused-ring (bicyclic) bond motifs is 2. The Morgan fingerprint density at radius 1 is 0.727 bits per heavy atom. The van der Waals surface area contributed by atoms with E-state index in [9.17, 15) is 10.2 Å². The summed E-state index contributed by atoms with van der Waals surface area (Å²) in [5, 5.41) is 27.2. The number of aliphatic hydroxyl groups excluding tert-OH is 2. The van der Waals surface area contributed by atoms with Crippen LogP contribution in [-0.2, 0) is 27.2 Å². The van der Waals surface area contributed by atoms with E-state index in [1.807, 2.05) is 48.5 Å². The van der Waals surface area contributed by atoms with Crippen LogP contribution in [0.4, 0.5) is 0 Å². The third-order valence-corrected chi connectivity index (χ3v) is 9.46. The Morgan fingerprint density at radius 2 is 1.32 bits per heavy atom. The molecule has 0 bridgehead atoms. The summed E-state index contributed by atoms with van der Waals surface area (Å²) >= 11 is 0. The fourth-order valence-corrected chi connectivity index (χ4v) is 7.00. The monoisotopic (exact) mass is 600 g/mol. The highest BCUT2D eigenvalue weighted by atomic mass is 16.7. The number of ether oxygens (including phenoxy) is 3. The maximum absolute atomic E-state index is 11.5. The van der Waals surface area contributed by atoms with E-state index in [0.717, 1.165) is 16.3 Å². The van der Waals surface area contributed by atoms with Gasteiger partial charge in [0.15, 0.2) is 6.29 Å². The maximum atomic E-state index is 11.5. The first-order chi connectivity index (χ1) is 21.4. The standard InChI is InChI=1S/C35H44N4O5/c36-18-29-31(40)26(16-15-22-11-5-9-20-7-1-3-13-24(20)22)30(39)35(43-29)44-34-28(38)17-27(37)33(32(34)41)42-19-23-12-6-10-21-8-2-4-14-25(21)23/h1-14,26-35,40-41H,15-19,36-39H2/t26-,27-,28?,29?,30?,31+,32-,33?,34-,35-/m1/s1. The van der Waals surface area contributed by atoms with Crippen molar-refractivity contribution in [3.8, 4) is 0 Å². The molecule has 1 saturated heterocycles. The molecule has 4 unspecified atom stereocenters. The van der Waals surface area contributed by atoms with Crippen LogP contribution in [0.2, 0.25) is 0 Å². The van der Waals surface area contributed by atoms with Gasteiger partial charge in [-0.1, -0.05) is 84.9 Å². The van der Waals surface area contributed by atoms with Crippen molar-refractivity contribution in [2.45, 2.75) is 80.8 Å². The zero-order valence-electron chi connectivity index (χ0n) is 24.8. The lowest BCUT2D eigenvalue weighted by Crippen LogP contribution is -2.66. The summed E-state index contributed by atoms with van der Waals surface area (Å²) in [6, 6.07) is 26.9. The summed E-state index contributed by atoms with van der Waals surface area (Å²) in [4.78, 5) is 0. The highest BCUT2D eigenvalue weighted by molar-refractivity contribution is 5.86. The Kier molecular flexibility index (Phi) is 9.58. The molecular formula is C35H44N4O5. The molecule has 1 aliphatic heterocycles. The van der Waals surface area contributed by atoms with Gasteiger partial charge in [0.2, 0.25) is 0 Å². The minimum atomic E-state index is -1.11. The molecule has 1 saturated carbocycles. The van der Waals surface area contributed by atoms with Crippen molar-refractivity contribution in [2.75, 3.05) is 6.54 Å². The summed E-state index contributed by atoms with van der Waals surface area (Å²) < 4.78 is 18.7. The molecule has 10 N–H and O–H groups in total. The van der Waals surface area contributed by atoms with Gasteiger partial charge in [0.25, 0.3) is 0 Å². The van der Waals surface area contributed by atoms with Gasteiger partial charge in [-0.25, -0.2) is 0 Å². The fraction of sp³-hybridized carbons (Fsp3) is 0.429. The third-order valence-electron chi connectivity index (χ3n) is 9.46. The van der Waals surface area contributed by atoms with Gasteiger partial charge in [0, 0.05) is 24.5 Å². The summed E-state index contributed by atoms with van der Waals surface area (Å²) in [6.07, 6.45) is -3.41. The van der Waals surface area contributed by atoms with E-state index < -0.39 is 54.9 Å². The molecule has 6 rings (SSSR count). The number of hydrogen-bond acceptors (Lipinski definition) is 9. The Balaban J connectivity index is 1.16. The van der Waals surface area contributed by atoms with Crippen molar-refractivity contribution in [2.24, 2.45) is 28.9 Å². The number of nitrogens with two attached hydrogens (primary N) is 4. The van der Waals surface area contributed by atoms with Gasteiger partial charge in [0.05, 0.1) is 24.9 Å². The topological polar surface area (TPSA) is 172 Å². The van der Waals surface area contributed by atoms with E-state index in [0.29, 0.717) is 19.3 Å². The number of benzene rings is 4. The second-order valence-electron chi connectivity index (χ2n) is 12.3. The fourth-order valence-electron chi connectivity index (χ4n) is 7.00. The van der Waals surface area contributed by atoms with Crippen LogP contribution < -0.4 is 22.9 Å². The van der Waals surface area contributed by atoms with Crippen LogP contribution in [0.3, 0.4) is 0 Å². The number of rotatable bonds is 9. The molecule has 0 spiro atoms. The van der Waals surface area contributed by atoms with E-state index in [4.69, 9.17) is 37.1 Å². The molecule has 234 valence electrons. The summed E-state index contributed by atoms with van der Waals surface area (Å²) in [7, 11) is 0. The van der Waals surface area contributed by atoms with Crippen molar-refractivity contribution in [1.82, 2.24) is 0 Å². The van der Waals surface area contributed by atoms with Crippen LogP contribution in [-0.4, -0.2) is 71.7 Å². The number of aryl methyl sites for hydroxylation is 1. The molecule has 0 aromatic heterocycles. The lowest BCUT2D eigenvalue weighted by Gasteiger charge is -2.47. The Bertz CT molecular complexity index is 1540. The molecule has 0 radical (unpaired) electrons. The average molecular weight is 601 g/mol. The normalized spacial score (nSPS) is 32.7. The second-order valence-corrected chi connectivity index (χ2v) is 12.3.